The second kappa shape index (κ2) is 1.49. The third-order valence-corrected chi connectivity index (χ3v) is 0. The molecule has 0 aliphatic carbocycles. The quantitative estimate of drug-likeness (QED) is 0.375. The summed E-state index contributed by atoms with van der Waals surface area (Å²) in [7, 11) is -1.39. The van der Waals surface area contributed by atoms with Crippen LogP contribution in [0.25, 0.3) is 0 Å². The van der Waals surface area contributed by atoms with E-state index in [1.54, 1.807) is 13.1 Å². The molecule has 25 valence electrons. The van der Waals surface area contributed by atoms with Gasteiger partial charge in [0.15, 0.2) is 0 Å². The molecule has 0 atom stereocenters. The van der Waals surface area contributed by atoms with Crippen LogP contribution in [-0.4, -0.2) is 9.04 Å². The van der Waals surface area contributed by atoms with Gasteiger partial charge in [-0.1, -0.05) is 0 Å². The van der Waals surface area contributed by atoms with Gasteiger partial charge in [0.25, 0.3) is 0 Å². The highest BCUT2D eigenvalue weighted by atomic mass is 28.3. The van der Waals surface area contributed by atoms with E-state index in [0.29, 0.717) is 0 Å². The Balaban J connectivity index is 0. The van der Waals surface area contributed by atoms with Gasteiger partial charge in [0, 0.05) is 0 Å². The molecule has 1 nitrogen and oxygen atoms in total. The van der Waals surface area contributed by atoms with Gasteiger partial charge < -0.3 is 4.80 Å². The Labute approximate surface area is 29.5 Å². The van der Waals surface area contributed by atoms with Crippen LogP contribution < -0.4 is 0 Å². The van der Waals surface area contributed by atoms with Gasteiger partial charge in [-0.15, -0.1) is 0 Å². The monoisotopic (exact) mass is 76.0 g/mol. The van der Waals surface area contributed by atoms with Crippen LogP contribution in [0, 0.1) is 0 Å². The smallest absolute Gasteiger partial charge is 0.302 e. The van der Waals surface area contributed by atoms with Crippen molar-refractivity contribution in [2.45, 2.75) is 13.1 Å². The summed E-state index contributed by atoms with van der Waals surface area (Å²) in [5, 5.41) is 0. The first-order valence-electron chi connectivity index (χ1n) is 1.39. The Morgan fingerprint density at radius 1 is 1.75 bits per heavy atom. The topological polar surface area (TPSA) is 19.9 Å². The summed E-state index contributed by atoms with van der Waals surface area (Å²) in [6.45, 7) is 3.50. The summed E-state index contributed by atoms with van der Waals surface area (Å²) in [6.07, 6.45) is 0. The highest BCUT2D eigenvalue weighted by Gasteiger charge is 1.79. The van der Waals surface area contributed by atoms with Crippen molar-refractivity contribution < 1.29 is 6.22 Å². The van der Waals surface area contributed by atoms with E-state index in [1.165, 1.54) is 0 Å². The third kappa shape index (κ3) is 96.4. The van der Waals surface area contributed by atoms with Crippen LogP contribution in [0.3, 0.4) is 0 Å². The van der Waals surface area contributed by atoms with E-state index in [9.17, 15) is 4.80 Å². The first-order chi connectivity index (χ1) is 1.73. The van der Waals surface area contributed by atoms with Gasteiger partial charge in [0.2, 0.25) is 9.04 Å². The maximum absolute atomic E-state index is 9.67. The van der Waals surface area contributed by atoms with Gasteiger partial charge in [0.05, 0.1) is 0 Å². The Hall–Kier alpha value is 0.177. The van der Waals surface area contributed by atoms with Crippen molar-refractivity contribution in [1.82, 2.24) is 0 Å². The fraction of sp³-hybridized carbons (Fsp3) is 1.00. The molecule has 0 bridgehead atoms. The maximum Gasteiger partial charge on any atom is 1.00 e. The zero-order valence-electron chi connectivity index (χ0n) is 3.99. The van der Waals surface area contributed by atoms with E-state index >= 15 is 0 Å². The molecular weight excluding hydrogens is 68.1 g/mol. The van der Waals surface area contributed by atoms with Gasteiger partial charge in [0.1, 0.15) is 0 Å². The largest absolute Gasteiger partial charge is 1.00 e. The molecule has 0 spiro atoms. The van der Waals surface area contributed by atoms with Crippen LogP contribution in [0.2, 0.25) is 13.1 Å². The highest BCUT2D eigenvalue weighted by Crippen LogP contribution is 1.62. The number of hydrogen-bond acceptors (Lipinski definition) is 0. The molecule has 0 heterocycles. The summed E-state index contributed by atoms with van der Waals surface area (Å²) in [5.41, 5.74) is 0. The van der Waals surface area contributed by atoms with Crippen molar-refractivity contribution in [3.63, 3.8) is 0 Å². The van der Waals surface area contributed by atoms with E-state index < -0.39 is 9.04 Å². The highest BCUT2D eigenvalue weighted by molar-refractivity contribution is 6.46. The molecule has 0 unspecified atom stereocenters. The second-order valence-electron chi connectivity index (χ2n) is 1.05. The minimum absolute atomic E-state index is 0. The first kappa shape index (κ1) is 4.18. The summed E-state index contributed by atoms with van der Waals surface area (Å²) >= 11 is 0. The average Bonchev–Trinajstić information content (AvgIpc) is 0.811. The fourth-order valence-electron chi connectivity index (χ4n) is 0. The van der Waals surface area contributed by atoms with Crippen molar-refractivity contribution in [1.29, 1.82) is 0 Å². The van der Waals surface area contributed by atoms with E-state index in [4.69, 9.17) is 0 Å². The molecule has 0 aliphatic rings. The van der Waals surface area contributed by atoms with Crippen molar-refractivity contribution in [2.75, 3.05) is 0 Å². The summed E-state index contributed by atoms with van der Waals surface area (Å²) in [4.78, 5) is 9.67. The molecule has 0 aromatic rings. The lowest BCUT2D eigenvalue weighted by atomic mass is 11.9. The molecule has 0 fully saturated rings. The summed E-state index contributed by atoms with van der Waals surface area (Å²) in [6, 6.07) is 0. The van der Waals surface area contributed by atoms with E-state index in [-0.39, 0.29) is 1.43 Å². The van der Waals surface area contributed by atoms with Crippen molar-refractivity contribution >= 4 is 9.04 Å². The van der Waals surface area contributed by atoms with Crippen LogP contribution in [0.1, 0.15) is 1.43 Å². The second-order valence-corrected chi connectivity index (χ2v) is 3.15. The minimum atomic E-state index is -1.39. The molecule has 0 aliphatic heterocycles. The minimum Gasteiger partial charge on any atom is -0.302 e. The Morgan fingerprint density at radius 2 is 1.75 bits per heavy atom. The SMILES string of the molecule is C[SiH](C)[O].[H+]. The van der Waals surface area contributed by atoms with E-state index in [1.807, 2.05) is 0 Å². The average molecular weight is 76.2 g/mol. The normalized spacial score (nSPS) is 9.00. The van der Waals surface area contributed by atoms with Gasteiger partial charge >= 0.3 is 1.43 Å². The molecule has 4 heavy (non-hydrogen) atoms. The summed E-state index contributed by atoms with van der Waals surface area (Å²) in [5.74, 6) is 0. The number of rotatable bonds is 0. The van der Waals surface area contributed by atoms with Crippen molar-refractivity contribution in [3.8, 4) is 0 Å². The van der Waals surface area contributed by atoms with Gasteiger partial charge in [-0.05, 0) is 13.1 Å². The molecule has 0 N–H and O–H groups in total. The molecule has 0 aromatic heterocycles. The van der Waals surface area contributed by atoms with Crippen LogP contribution in [-0.2, 0) is 4.80 Å². The Morgan fingerprint density at radius 3 is 1.75 bits per heavy atom. The zero-order chi connectivity index (χ0) is 3.58. The van der Waals surface area contributed by atoms with E-state index in [2.05, 4.69) is 0 Å². The lowest BCUT2D eigenvalue weighted by Gasteiger charge is -1.70. The maximum atomic E-state index is 9.67. The predicted octanol–water partition coefficient (Wildman–Crippen LogP) is 0.513. The molecular formula is C2H8OSi+. The lowest BCUT2D eigenvalue weighted by molar-refractivity contribution is 0.460. The predicted molar refractivity (Wildman–Crippen MR) is 20.7 cm³/mol. The lowest BCUT2D eigenvalue weighted by Crippen LogP contribution is -1.89. The molecule has 1 radical (unpaired) electrons. The fourth-order valence-corrected chi connectivity index (χ4v) is 0. The molecule has 2 heteroatoms. The van der Waals surface area contributed by atoms with Crippen molar-refractivity contribution in [2.24, 2.45) is 0 Å². The Kier molecular flexibility index (Phi) is 1.56. The molecule has 0 amide bonds. The van der Waals surface area contributed by atoms with Crippen LogP contribution in [0.4, 0.5) is 0 Å². The molecule has 0 rings (SSSR count). The van der Waals surface area contributed by atoms with Gasteiger partial charge in [-0.25, -0.2) is 0 Å². The van der Waals surface area contributed by atoms with Gasteiger partial charge in [-0.2, -0.15) is 0 Å². The number of hydrogen-bond donors (Lipinski definition) is 0. The van der Waals surface area contributed by atoms with E-state index in [0.717, 1.165) is 0 Å². The standard InChI is InChI=1S/C2H7OSi/c1-4(2)3/h4H,1-2H3/p+1. The molecule has 0 saturated carbocycles. The van der Waals surface area contributed by atoms with Crippen LogP contribution in [0.15, 0.2) is 0 Å². The molecule has 0 saturated heterocycles. The van der Waals surface area contributed by atoms with Crippen molar-refractivity contribution in [3.05, 3.63) is 0 Å². The van der Waals surface area contributed by atoms with Gasteiger partial charge in [-0.3, -0.25) is 0 Å². The van der Waals surface area contributed by atoms with Crippen LogP contribution in [0.5, 0.6) is 0 Å². The first-order valence-corrected chi connectivity index (χ1v) is 4.17. The molecule has 0 aromatic carbocycles. The third-order valence-electron chi connectivity index (χ3n) is 0. The zero-order valence-corrected chi connectivity index (χ0v) is 4.14. The Bertz CT molecular complexity index is 14.4. The van der Waals surface area contributed by atoms with Crippen LogP contribution >= 0.6 is 0 Å². The summed E-state index contributed by atoms with van der Waals surface area (Å²) < 4.78 is 0.